The van der Waals surface area contributed by atoms with Crippen LogP contribution in [0.1, 0.15) is 16.1 Å². The SMILES string of the molecule is Cc1cccc(CC(=O)Nc2nnc(-c3csc(C)n3)o2)c1. The summed E-state index contributed by atoms with van der Waals surface area (Å²) >= 11 is 1.50. The fraction of sp³-hybridized carbons (Fsp3) is 0.200. The number of nitrogens with zero attached hydrogens (tertiary/aromatic N) is 3. The minimum absolute atomic E-state index is 0.0818. The highest BCUT2D eigenvalue weighted by Gasteiger charge is 2.13. The van der Waals surface area contributed by atoms with Crippen molar-refractivity contribution in [2.24, 2.45) is 0 Å². The van der Waals surface area contributed by atoms with Crippen molar-refractivity contribution in [2.45, 2.75) is 20.3 Å². The van der Waals surface area contributed by atoms with E-state index < -0.39 is 0 Å². The smallest absolute Gasteiger partial charge is 0.322 e. The molecule has 1 amide bonds. The number of benzene rings is 1. The predicted octanol–water partition coefficient (Wildman–Crippen LogP) is 2.99. The molecule has 6 nitrogen and oxygen atoms in total. The molecule has 2 aromatic heterocycles. The van der Waals surface area contributed by atoms with Gasteiger partial charge in [0.05, 0.1) is 11.4 Å². The minimum Gasteiger partial charge on any atom is -0.401 e. The first kappa shape index (κ1) is 14.4. The molecule has 112 valence electrons. The highest BCUT2D eigenvalue weighted by Crippen LogP contribution is 2.21. The lowest BCUT2D eigenvalue weighted by molar-refractivity contribution is -0.115. The van der Waals surface area contributed by atoms with Crippen molar-refractivity contribution in [1.29, 1.82) is 0 Å². The Labute approximate surface area is 131 Å². The van der Waals surface area contributed by atoms with Gasteiger partial charge in [-0.2, -0.15) is 0 Å². The lowest BCUT2D eigenvalue weighted by Gasteiger charge is -2.02. The van der Waals surface area contributed by atoms with Crippen LogP contribution < -0.4 is 5.32 Å². The fourth-order valence-corrected chi connectivity index (χ4v) is 2.60. The van der Waals surface area contributed by atoms with Gasteiger partial charge in [0.25, 0.3) is 5.89 Å². The third kappa shape index (κ3) is 3.37. The van der Waals surface area contributed by atoms with Crippen LogP contribution in [-0.4, -0.2) is 21.1 Å². The van der Waals surface area contributed by atoms with Gasteiger partial charge in [-0.05, 0) is 19.4 Å². The van der Waals surface area contributed by atoms with Gasteiger partial charge in [0, 0.05) is 5.38 Å². The van der Waals surface area contributed by atoms with Crippen molar-refractivity contribution in [3.05, 3.63) is 45.8 Å². The van der Waals surface area contributed by atoms with Crippen LogP contribution >= 0.6 is 11.3 Å². The lowest BCUT2D eigenvalue weighted by Crippen LogP contribution is -2.14. The normalized spacial score (nSPS) is 10.6. The van der Waals surface area contributed by atoms with Crippen molar-refractivity contribution < 1.29 is 9.21 Å². The topological polar surface area (TPSA) is 80.9 Å². The van der Waals surface area contributed by atoms with E-state index in [0.29, 0.717) is 11.6 Å². The van der Waals surface area contributed by atoms with Gasteiger partial charge in [-0.25, -0.2) is 4.98 Å². The fourth-order valence-electron chi connectivity index (χ4n) is 2.01. The van der Waals surface area contributed by atoms with Gasteiger partial charge in [0.1, 0.15) is 5.69 Å². The summed E-state index contributed by atoms with van der Waals surface area (Å²) < 4.78 is 5.41. The molecule has 0 aliphatic rings. The van der Waals surface area contributed by atoms with Gasteiger partial charge < -0.3 is 4.42 Å². The van der Waals surface area contributed by atoms with Crippen molar-refractivity contribution in [3.8, 4) is 11.6 Å². The van der Waals surface area contributed by atoms with E-state index in [2.05, 4.69) is 20.5 Å². The third-order valence-corrected chi connectivity index (χ3v) is 3.73. The number of nitrogens with one attached hydrogen (secondary N) is 1. The number of aryl methyl sites for hydroxylation is 2. The van der Waals surface area contributed by atoms with Gasteiger partial charge in [-0.3, -0.25) is 10.1 Å². The quantitative estimate of drug-likeness (QED) is 0.800. The lowest BCUT2D eigenvalue weighted by atomic mass is 10.1. The van der Waals surface area contributed by atoms with E-state index >= 15 is 0 Å². The Morgan fingerprint density at radius 1 is 1.32 bits per heavy atom. The highest BCUT2D eigenvalue weighted by atomic mass is 32.1. The second-order valence-corrected chi connectivity index (χ2v) is 5.94. The summed E-state index contributed by atoms with van der Waals surface area (Å²) in [5, 5.41) is 13.1. The van der Waals surface area contributed by atoms with Crippen LogP contribution in [0.25, 0.3) is 11.6 Å². The van der Waals surface area contributed by atoms with E-state index in [0.717, 1.165) is 16.1 Å². The Morgan fingerprint density at radius 3 is 2.91 bits per heavy atom. The molecule has 2 heterocycles. The summed E-state index contributed by atoms with van der Waals surface area (Å²) in [4.78, 5) is 16.3. The van der Waals surface area contributed by atoms with E-state index in [4.69, 9.17) is 4.42 Å². The first-order chi connectivity index (χ1) is 10.6. The number of carbonyl (C=O) groups is 1. The second-order valence-electron chi connectivity index (χ2n) is 4.88. The molecule has 0 aliphatic carbocycles. The summed E-state index contributed by atoms with van der Waals surface area (Å²) in [5.41, 5.74) is 2.67. The molecule has 0 saturated heterocycles. The average molecular weight is 314 g/mol. The third-order valence-electron chi connectivity index (χ3n) is 2.96. The zero-order valence-electron chi connectivity index (χ0n) is 12.2. The van der Waals surface area contributed by atoms with Crippen molar-refractivity contribution in [1.82, 2.24) is 15.2 Å². The van der Waals surface area contributed by atoms with E-state index in [1.165, 1.54) is 11.3 Å². The van der Waals surface area contributed by atoms with Crippen LogP contribution in [0.5, 0.6) is 0 Å². The highest BCUT2D eigenvalue weighted by molar-refractivity contribution is 7.09. The number of amides is 1. The van der Waals surface area contributed by atoms with Crippen molar-refractivity contribution in [2.75, 3.05) is 5.32 Å². The van der Waals surface area contributed by atoms with E-state index in [9.17, 15) is 4.79 Å². The Hall–Kier alpha value is -2.54. The first-order valence-electron chi connectivity index (χ1n) is 6.71. The van der Waals surface area contributed by atoms with Crippen LogP contribution in [0.4, 0.5) is 6.01 Å². The molecule has 0 spiro atoms. The molecule has 3 rings (SSSR count). The van der Waals surface area contributed by atoms with Crippen LogP contribution in [0, 0.1) is 13.8 Å². The maximum atomic E-state index is 12.0. The van der Waals surface area contributed by atoms with Gasteiger partial charge in [-0.1, -0.05) is 34.9 Å². The summed E-state index contributed by atoms with van der Waals surface area (Å²) in [6.45, 7) is 3.89. The van der Waals surface area contributed by atoms with E-state index in [-0.39, 0.29) is 18.3 Å². The minimum atomic E-state index is -0.199. The molecule has 0 fully saturated rings. The zero-order valence-corrected chi connectivity index (χ0v) is 13.0. The summed E-state index contributed by atoms with van der Waals surface area (Å²) in [7, 11) is 0. The number of rotatable bonds is 4. The number of carbonyl (C=O) groups excluding carboxylic acids is 1. The Morgan fingerprint density at radius 2 is 2.18 bits per heavy atom. The van der Waals surface area contributed by atoms with Gasteiger partial charge in [-0.15, -0.1) is 16.4 Å². The largest absolute Gasteiger partial charge is 0.401 e. The molecule has 7 heteroatoms. The van der Waals surface area contributed by atoms with Crippen LogP contribution in [0.3, 0.4) is 0 Å². The monoisotopic (exact) mass is 314 g/mol. The summed E-state index contributed by atoms with van der Waals surface area (Å²) in [6.07, 6.45) is 0.259. The Kier molecular flexibility index (Phi) is 3.97. The van der Waals surface area contributed by atoms with Crippen LogP contribution in [0.2, 0.25) is 0 Å². The molecule has 1 N–H and O–H groups in total. The molecule has 0 bridgehead atoms. The van der Waals surface area contributed by atoms with Crippen molar-refractivity contribution >= 4 is 23.3 Å². The average Bonchev–Trinajstić information content (AvgIpc) is 3.07. The van der Waals surface area contributed by atoms with Crippen molar-refractivity contribution in [3.63, 3.8) is 0 Å². The molecule has 1 aromatic carbocycles. The second kappa shape index (κ2) is 6.07. The number of hydrogen-bond donors (Lipinski definition) is 1. The number of anilines is 1. The maximum absolute atomic E-state index is 12.0. The molecule has 0 unspecified atom stereocenters. The predicted molar refractivity (Wildman–Crippen MR) is 83.7 cm³/mol. The molecule has 0 atom stereocenters. The summed E-state index contributed by atoms with van der Waals surface area (Å²) in [6, 6.07) is 7.87. The number of thiazole rings is 1. The van der Waals surface area contributed by atoms with Crippen LogP contribution in [0.15, 0.2) is 34.1 Å². The van der Waals surface area contributed by atoms with Gasteiger partial charge in [0.15, 0.2) is 0 Å². The molecular formula is C15H14N4O2S. The Balaban J connectivity index is 1.66. The molecular weight excluding hydrogens is 300 g/mol. The summed E-state index contributed by atoms with van der Waals surface area (Å²) in [5.74, 6) is 0.102. The molecule has 0 aliphatic heterocycles. The standard InChI is InChI=1S/C15H14N4O2S/c1-9-4-3-5-11(6-9)7-13(20)17-15-19-18-14(21-15)12-8-22-10(2)16-12/h3-6,8H,7H2,1-2H3,(H,17,19,20). The van der Waals surface area contributed by atoms with E-state index in [1.807, 2.05) is 43.5 Å². The maximum Gasteiger partial charge on any atom is 0.322 e. The zero-order chi connectivity index (χ0) is 15.5. The molecule has 0 radical (unpaired) electrons. The van der Waals surface area contributed by atoms with Gasteiger partial charge in [0.2, 0.25) is 5.91 Å². The Bertz CT molecular complexity index is 809. The van der Waals surface area contributed by atoms with Gasteiger partial charge >= 0.3 is 6.01 Å². The molecule has 3 aromatic rings. The van der Waals surface area contributed by atoms with E-state index in [1.54, 1.807) is 0 Å². The first-order valence-corrected chi connectivity index (χ1v) is 7.59. The molecule has 0 saturated carbocycles. The number of hydrogen-bond acceptors (Lipinski definition) is 6. The molecule has 22 heavy (non-hydrogen) atoms. The number of aromatic nitrogens is 3. The van der Waals surface area contributed by atoms with Crippen LogP contribution in [-0.2, 0) is 11.2 Å².